The number of rotatable bonds is 6. The van der Waals surface area contributed by atoms with Crippen LogP contribution in [0.2, 0.25) is 0 Å². The lowest BCUT2D eigenvalue weighted by Crippen LogP contribution is -2.50. The number of carbonyl (C=O) groups is 2. The first-order valence-corrected chi connectivity index (χ1v) is 11.4. The van der Waals surface area contributed by atoms with Gasteiger partial charge in [-0.25, -0.2) is 4.98 Å². The van der Waals surface area contributed by atoms with E-state index >= 15 is 0 Å². The second-order valence-electron chi connectivity index (χ2n) is 7.60. The summed E-state index contributed by atoms with van der Waals surface area (Å²) in [6.07, 6.45) is 2.65. The third kappa shape index (κ3) is 4.44. The first kappa shape index (κ1) is 21.4. The molecule has 31 heavy (non-hydrogen) atoms. The Kier molecular flexibility index (Phi) is 6.27. The van der Waals surface area contributed by atoms with Crippen molar-refractivity contribution in [2.45, 2.75) is 26.8 Å². The topological polar surface area (TPSA) is 70.0 Å². The zero-order valence-electron chi connectivity index (χ0n) is 17.8. The molecular weight excluding hydrogens is 458 g/mol. The number of benzene rings is 1. The SMILES string of the molecule is CCc1nc2ccc(C(=O)N3CCNC(=O)C3)cn2c1N(CC)Cc1cccc(Br)c1. The molecule has 0 radical (unpaired) electrons. The maximum Gasteiger partial charge on any atom is 0.255 e. The highest BCUT2D eigenvalue weighted by Crippen LogP contribution is 2.26. The Hall–Kier alpha value is -2.87. The molecule has 2 amide bonds. The standard InChI is InChI=1S/C23H26BrN5O2/c1-3-19-22(27(4-2)13-16-6-5-7-18(24)12-16)29-14-17(8-9-20(29)26-19)23(31)28-11-10-25-21(30)15-28/h5-9,12,14H,3-4,10-11,13,15H2,1-2H3,(H,25,30). The molecule has 0 atom stereocenters. The molecule has 1 aliphatic heterocycles. The molecule has 0 saturated carbocycles. The van der Waals surface area contributed by atoms with Gasteiger partial charge in [-0.15, -0.1) is 0 Å². The summed E-state index contributed by atoms with van der Waals surface area (Å²) in [5.41, 5.74) is 3.56. The minimum absolute atomic E-state index is 0.0951. The molecule has 0 spiro atoms. The second kappa shape index (κ2) is 9.09. The summed E-state index contributed by atoms with van der Waals surface area (Å²) in [6.45, 7) is 6.86. The molecule has 1 N–H and O–H groups in total. The van der Waals surface area contributed by atoms with Gasteiger partial charge in [0.2, 0.25) is 5.91 Å². The number of carbonyl (C=O) groups excluding carboxylic acids is 2. The highest BCUT2D eigenvalue weighted by atomic mass is 79.9. The number of aryl methyl sites for hydroxylation is 1. The molecule has 1 aromatic carbocycles. The van der Waals surface area contributed by atoms with E-state index in [2.05, 4.69) is 52.1 Å². The molecule has 2 aromatic heterocycles. The number of hydrogen-bond acceptors (Lipinski definition) is 4. The fourth-order valence-corrected chi connectivity index (χ4v) is 4.41. The van der Waals surface area contributed by atoms with Gasteiger partial charge in [0.15, 0.2) is 0 Å². The zero-order valence-corrected chi connectivity index (χ0v) is 19.4. The lowest BCUT2D eigenvalue weighted by Gasteiger charge is -2.27. The number of hydrogen-bond donors (Lipinski definition) is 1. The Morgan fingerprint density at radius 1 is 1.26 bits per heavy atom. The maximum atomic E-state index is 13.0. The average molecular weight is 484 g/mol. The van der Waals surface area contributed by atoms with E-state index in [0.717, 1.165) is 41.1 Å². The van der Waals surface area contributed by atoms with Gasteiger partial charge in [0, 0.05) is 36.8 Å². The van der Waals surface area contributed by atoms with E-state index in [4.69, 9.17) is 4.98 Å². The van der Waals surface area contributed by atoms with E-state index in [1.54, 1.807) is 11.0 Å². The molecule has 1 fully saturated rings. The van der Waals surface area contributed by atoms with Crippen molar-refractivity contribution in [3.8, 4) is 0 Å². The molecule has 162 valence electrons. The fourth-order valence-electron chi connectivity index (χ4n) is 3.97. The Morgan fingerprint density at radius 3 is 2.81 bits per heavy atom. The summed E-state index contributed by atoms with van der Waals surface area (Å²) in [6, 6.07) is 12.0. The van der Waals surface area contributed by atoms with Crippen molar-refractivity contribution in [2.75, 3.05) is 31.1 Å². The highest BCUT2D eigenvalue weighted by Gasteiger charge is 2.24. The van der Waals surface area contributed by atoms with Crippen LogP contribution >= 0.6 is 15.9 Å². The van der Waals surface area contributed by atoms with Crippen molar-refractivity contribution in [1.82, 2.24) is 19.6 Å². The number of anilines is 1. The van der Waals surface area contributed by atoms with Gasteiger partial charge in [-0.3, -0.25) is 14.0 Å². The lowest BCUT2D eigenvalue weighted by atomic mass is 10.2. The number of nitrogens with zero attached hydrogens (tertiary/aromatic N) is 4. The largest absolute Gasteiger partial charge is 0.353 e. The highest BCUT2D eigenvalue weighted by molar-refractivity contribution is 9.10. The number of imidazole rings is 1. The van der Waals surface area contributed by atoms with Gasteiger partial charge >= 0.3 is 0 Å². The van der Waals surface area contributed by atoms with Gasteiger partial charge in [-0.05, 0) is 43.2 Å². The van der Waals surface area contributed by atoms with Crippen LogP contribution in [-0.2, 0) is 17.8 Å². The van der Waals surface area contributed by atoms with Crippen LogP contribution in [0.15, 0.2) is 47.1 Å². The van der Waals surface area contributed by atoms with Gasteiger partial charge in [0.1, 0.15) is 11.5 Å². The average Bonchev–Trinajstić information content (AvgIpc) is 3.14. The quantitative estimate of drug-likeness (QED) is 0.584. The van der Waals surface area contributed by atoms with E-state index in [0.29, 0.717) is 18.7 Å². The minimum atomic E-state index is -0.135. The van der Waals surface area contributed by atoms with Crippen molar-refractivity contribution in [3.05, 3.63) is 63.9 Å². The van der Waals surface area contributed by atoms with E-state index in [1.807, 2.05) is 28.8 Å². The number of amides is 2. The molecule has 8 heteroatoms. The summed E-state index contributed by atoms with van der Waals surface area (Å²) in [5, 5.41) is 2.76. The molecule has 4 rings (SSSR count). The number of pyridine rings is 1. The summed E-state index contributed by atoms with van der Waals surface area (Å²) in [4.78, 5) is 33.4. The maximum absolute atomic E-state index is 13.0. The Labute approximate surface area is 190 Å². The van der Waals surface area contributed by atoms with E-state index in [-0.39, 0.29) is 18.4 Å². The smallest absolute Gasteiger partial charge is 0.255 e. The normalized spacial score (nSPS) is 14.0. The van der Waals surface area contributed by atoms with Crippen molar-refractivity contribution in [3.63, 3.8) is 0 Å². The van der Waals surface area contributed by atoms with Gasteiger partial charge in [-0.2, -0.15) is 0 Å². The van der Waals surface area contributed by atoms with Crippen LogP contribution in [0.3, 0.4) is 0 Å². The van der Waals surface area contributed by atoms with Crippen molar-refractivity contribution >= 4 is 39.2 Å². The number of halogens is 1. The molecule has 0 aliphatic carbocycles. The van der Waals surface area contributed by atoms with Gasteiger partial charge in [-0.1, -0.05) is 35.0 Å². The van der Waals surface area contributed by atoms with Crippen LogP contribution in [-0.4, -0.2) is 52.3 Å². The Morgan fingerprint density at radius 2 is 2.10 bits per heavy atom. The molecule has 3 heterocycles. The first-order valence-electron chi connectivity index (χ1n) is 10.6. The predicted octanol–water partition coefficient (Wildman–Crippen LogP) is 3.26. The Bertz CT molecular complexity index is 1130. The molecule has 0 bridgehead atoms. The second-order valence-corrected chi connectivity index (χ2v) is 8.52. The number of aromatic nitrogens is 2. The third-order valence-electron chi connectivity index (χ3n) is 5.51. The summed E-state index contributed by atoms with van der Waals surface area (Å²) >= 11 is 3.55. The lowest BCUT2D eigenvalue weighted by molar-refractivity contribution is -0.123. The monoisotopic (exact) mass is 483 g/mol. The molecule has 7 nitrogen and oxygen atoms in total. The Balaban J connectivity index is 1.72. The van der Waals surface area contributed by atoms with E-state index in [1.165, 1.54) is 5.56 Å². The van der Waals surface area contributed by atoms with Crippen molar-refractivity contribution in [2.24, 2.45) is 0 Å². The first-order chi connectivity index (χ1) is 15.0. The minimum Gasteiger partial charge on any atom is -0.353 e. The van der Waals surface area contributed by atoms with Crippen molar-refractivity contribution in [1.29, 1.82) is 0 Å². The number of nitrogens with one attached hydrogen (secondary N) is 1. The van der Waals surface area contributed by atoms with Crippen LogP contribution in [0.5, 0.6) is 0 Å². The van der Waals surface area contributed by atoms with E-state index in [9.17, 15) is 9.59 Å². The van der Waals surface area contributed by atoms with Gasteiger partial charge < -0.3 is 15.1 Å². The zero-order chi connectivity index (χ0) is 22.0. The summed E-state index contributed by atoms with van der Waals surface area (Å²) in [5.74, 6) is 0.749. The molecule has 3 aromatic rings. The fraction of sp³-hybridized carbons (Fsp3) is 0.348. The van der Waals surface area contributed by atoms with Gasteiger partial charge in [0.05, 0.1) is 17.8 Å². The molecule has 1 aliphatic rings. The van der Waals surface area contributed by atoms with Crippen LogP contribution in [0.1, 0.15) is 35.5 Å². The third-order valence-corrected chi connectivity index (χ3v) is 6.01. The molecule has 1 saturated heterocycles. The predicted molar refractivity (Wildman–Crippen MR) is 124 cm³/mol. The summed E-state index contributed by atoms with van der Waals surface area (Å²) in [7, 11) is 0. The molecular formula is C23H26BrN5O2. The van der Waals surface area contributed by atoms with Crippen LogP contribution < -0.4 is 10.2 Å². The molecule has 0 unspecified atom stereocenters. The summed E-state index contributed by atoms with van der Waals surface area (Å²) < 4.78 is 3.06. The van der Waals surface area contributed by atoms with Crippen LogP contribution in [0.25, 0.3) is 5.65 Å². The number of fused-ring (bicyclic) bond motifs is 1. The van der Waals surface area contributed by atoms with Crippen LogP contribution in [0, 0.1) is 0 Å². The van der Waals surface area contributed by atoms with Crippen molar-refractivity contribution < 1.29 is 9.59 Å². The number of piperazine rings is 1. The van der Waals surface area contributed by atoms with E-state index < -0.39 is 0 Å². The van der Waals surface area contributed by atoms with Crippen LogP contribution in [0.4, 0.5) is 5.82 Å². The van der Waals surface area contributed by atoms with Gasteiger partial charge in [0.25, 0.3) is 5.91 Å².